The Labute approximate surface area is 172 Å². The highest BCUT2D eigenvalue weighted by molar-refractivity contribution is 5.78. The summed E-state index contributed by atoms with van der Waals surface area (Å²) in [4.78, 5) is 18.9. The Hall–Kier alpha value is -2.60. The van der Waals surface area contributed by atoms with Crippen molar-refractivity contribution < 1.29 is 13.9 Å². The number of ether oxygens (including phenoxy) is 1. The molecule has 1 aliphatic rings. The number of methoxy groups -OCH3 is 1. The van der Waals surface area contributed by atoms with Crippen LogP contribution in [0.4, 0.5) is 10.1 Å². The lowest BCUT2D eigenvalue weighted by Gasteiger charge is -2.37. The van der Waals surface area contributed by atoms with Crippen LogP contribution < -0.4 is 9.64 Å². The van der Waals surface area contributed by atoms with Crippen LogP contribution in [0.15, 0.2) is 36.4 Å². The van der Waals surface area contributed by atoms with Gasteiger partial charge in [-0.15, -0.1) is 0 Å². The molecule has 0 unspecified atom stereocenters. The zero-order valence-corrected chi connectivity index (χ0v) is 17.7. The van der Waals surface area contributed by atoms with E-state index in [1.165, 1.54) is 30.0 Å². The van der Waals surface area contributed by atoms with Crippen LogP contribution >= 0.6 is 0 Å². The minimum Gasteiger partial charge on any atom is -0.494 e. The molecule has 1 fully saturated rings. The van der Waals surface area contributed by atoms with Crippen LogP contribution in [-0.2, 0) is 11.3 Å². The zero-order chi connectivity index (χ0) is 21.0. The first kappa shape index (κ1) is 21.1. The number of halogens is 1. The monoisotopic (exact) mass is 399 g/mol. The number of hydrogen-bond acceptors (Lipinski definition) is 4. The van der Waals surface area contributed by atoms with Gasteiger partial charge in [-0.2, -0.15) is 0 Å². The molecule has 29 heavy (non-hydrogen) atoms. The van der Waals surface area contributed by atoms with Gasteiger partial charge in [0.25, 0.3) is 0 Å². The van der Waals surface area contributed by atoms with Gasteiger partial charge >= 0.3 is 0 Å². The third kappa shape index (κ3) is 5.07. The maximum atomic E-state index is 13.9. The van der Waals surface area contributed by atoms with Crippen LogP contribution in [0, 0.1) is 19.7 Å². The lowest BCUT2D eigenvalue weighted by molar-refractivity contribution is -0.131. The van der Waals surface area contributed by atoms with Crippen molar-refractivity contribution in [2.75, 3.05) is 51.8 Å². The molecule has 1 heterocycles. The van der Waals surface area contributed by atoms with Crippen molar-refractivity contribution in [3.8, 4) is 5.75 Å². The first-order valence-corrected chi connectivity index (χ1v) is 9.99. The second kappa shape index (κ2) is 9.27. The molecule has 156 valence electrons. The van der Waals surface area contributed by atoms with Crippen molar-refractivity contribution in [1.29, 1.82) is 0 Å². The lowest BCUT2D eigenvalue weighted by Crippen LogP contribution is -2.49. The molecule has 0 atom stereocenters. The molecule has 1 amide bonds. The van der Waals surface area contributed by atoms with Crippen molar-refractivity contribution in [3.05, 3.63) is 58.9 Å². The van der Waals surface area contributed by atoms with Crippen LogP contribution in [0.3, 0.4) is 0 Å². The van der Waals surface area contributed by atoms with E-state index in [2.05, 4.69) is 41.8 Å². The molecule has 0 bridgehead atoms. The average molecular weight is 400 g/mol. The van der Waals surface area contributed by atoms with E-state index in [9.17, 15) is 9.18 Å². The Balaban J connectivity index is 1.51. The molecule has 1 aliphatic heterocycles. The highest BCUT2D eigenvalue weighted by atomic mass is 19.1. The fraction of sp³-hybridized carbons (Fsp3) is 0.435. The fourth-order valence-corrected chi connectivity index (χ4v) is 3.71. The van der Waals surface area contributed by atoms with E-state index in [1.54, 1.807) is 24.1 Å². The minimum absolute atomic E-state index is 0.0430. The van der Waals surface area contributed by atoms with Gasteiger partial charge < -0.3 is 14.5 Å². The summed E-state index contributed by atoms with van der Waals surface area (Å²) in [7, 11) is 3.20. The topological polar surface area (TPSA) is 36.0 Å². The van der Waals surface area contributed by atoms with E-state index in [1.807, 2.05) is 0 Å². The van der Waals surface area contributed by atoms with E-state index in [0.717, 1.165) is 31.7 Å². The van der Waals surface area contributed by atoms with Crippen LogP contribution in [0.25, 0.3) is 0 Å². The number of anilines is 1. The number of hydrogen-bond donors (Lipinski definition) is 0. The summed E-state index contributed by atoms with van der Waals surface area (Å²) in [5.74, 6) is -0.153. The molecule has 0 radical (unpaired) electrons. The Morgan fingerprint density at radius 1 is 1.14 bits per heavy atom. The first-order valence-electron chi connectivity index (χ1n) is 9.99. The number of carbonyl (C=O) groups excluding carboxylic acids is 1. The van der Waals surface area contributed by atoms with Gasteiger partial charge in [-0.3, -0.25) is 9.69 Å². The number of nitrogens with zero attached hydrogens (tertiary/aromatic N) is 3. The van der Waals surface area contributed by atoms with Crippen molar-refractivity contribution in [3.63, 3.8) is 0 Å². The SMILES string of the molecule is COc1ccc(CN(C)C(=O)CN2CCN(c3cccc(C)c3C)CC2)cc1F. The van der Waals surface area contributed by atoms with Gasteiger partial charge in [0.1, 0.15) is 0 Å². The lowest BCUT2D eigenvalue weighted by atomic mass is 10.1. The van der Waals surface area contributed by atoms with Crippen LogP contribution in [0.5, 0.6) is 5.75 Å². The molecule has 3 rings (SSSR count). The van der Waals surface area contributed by atoms with E-state index >= 15 is 0 Å². The highest BCUT2D eigenvalue weighted by Gasteiger charge is 2.22. The molecule has 0 spiro atoms. The third-order valence-corrected chi connectivity index (χ3v) is 5.71. The minimum atomic E-state index is -0.409. The maximum Gasteiger partial charge on any atom is 0.236 e. The summed E-state index contributed by atoms with van der Waals surface area (Å²) in [5.41, 5.74) is 4.66. The first-order chi connectivity index (χ1) is 13.9. The Morgan fingerprint density at radius 2 is 1.86 bits per heavy atom. The number of aryl methyl sites for hydroxylation is 1. The summed E-state index contributed by atoms with van der Waals surface area (Å²) in [6.45, 7) is 8.58. The molecule has 0 N–H and O–H groups in total. The summed E-state index contributed by atoms with van der Waals surface area (Å²) in [6.07, 6.45) is 0. The number of rotatable bonds is 6. The van der Waals surface area contributed by atoms with E-state index in [0.29, 0.717) is 13.1 Å². The van der Waals surface area contributed by atoms with Crippen molar-refractivity contribution in [1.82, 2.24) is 9.80 Å². The highest BCUT2D eigenvalue weighted by Crippen LogP contribution is 2.24. The van der Waals surface area contributed by atoms with Gasteiger partial charge in [0.15, 0.2) is 11.6 Å². The largest absolute Gasteiger partial charge is 0.494 e. The van der Waals surface area contributed by atoms with Gasteiger partial charge in [0, 0.05) is 45.5 Å². The summed E-state index contributed by atoms with van der Waals surface area (Å²) in [6, 6.07) is 11.2. The average Bonchev–Trinajstić information content (AvgIpc) is 2.71. The van der Waals surface area contributed by atoms with Crippen molar-refractivity contribution in [2.45, 2.75) is 20.4 Å². The van der Waals surface area contributed by atoms with Gasteiger partial charge in [0.2, 0.25) is 5.91 Å². The quantitative estimate of drug-likeness (QED) is 0.747. The van der Waals surface area contributed by atoms with Gasteiger partial charge in [-0.05, 0) is 48.7 Å². The molecular weight excluding hydrogens is 369 g/mol. The Bertz CT molecular complexity index is 863. The summed E-state index contributed by atoms with van der Waals surface area (Å²) >= 11 is 0. The second-order valence-electron chi connectivity index (χ2n) is 7.70. The second-order valence-corrected chi connectivity index (χ2v) is 7.70. The molecule has 0 saturated carbocycles. The Morgan fingerprint density at radius 3 is 2.52 bits per heavy atom. The molecule has 6 heteroatoms. The molecule has 2 aromatic rings. The van der Waals surface area contributed by atoms with E-state index in [4.69, 9.17) is 4.74 Å². The standard InChI is InChI=1S/C23H30FN3O2/c1-17-6-5-7-21(18(17)2)27-12-10-26(11-13-27)16-23(28)25(3)15-19-8-9-22(29-4)20(24)14-19/h5-9,14H,10-13,15-16H2,1-4H3. The number of benzene rings is 2. The molecular formula is C23H30FN3O2. The number of likely N-dealkylation sites (N-methyl/N-ethyl adjacent to an activating group) is 1. The van der Waals surface area contributed by atoms with E-state index < -0.39 is 5.82 Å². The zero-order valence-electron chi connectivity index (χ0n) is 17.7. The predicted molar refractivity (Wildman–Crippen MR) is 114 cm³/mol. The van der Waals surface area contributed by atoms with Gasteiger partial charge in [-0.1, -0.05) is 18.2 Å². The normalized spacial score (nSPS) is 14.7. The maximum absolute atomic E-state index is 13.9. The molecule has 5 nitrogen and oxygen atoms in total. The predicted octanol–water partition coefficient (Wildman–Crippen LogP) is 3.23. The number of amides is 1. The number of piperazine rings is 1. The molecule has 0 aromatic heterocycles. The van der Waals surface area contributed by atoms with Crippen LogP contribution in [-0.4, -0.2) is 62.6 Å². The number of carbonyl (C=O) groups is 1. The van der Waals surface area contributed by atoms with E-state index in [-0.39, 0.29) is 11.7 Å². The molecule has 1 saturated heterocycles. The Kier molecular flexibility index (Phi) is 6.75. The fourth-order valence-electron chi connectivity index (χ4n) is 3.71. The van der Waals surface area contributed by atoms with Crippen LogP contribution in [0.1, 0.15) is 16.7 Å². The van der Waals surface area contributed by atoms with Crippen molar-refractivity contribution in [2.24, 2.45) is 0 Å². The summed E-state index contributed by atoms with van der Waals surface area (Å²) in [5, 5.41) is 0. The molecule has 0 aliphatic carbocycles. The third-order valence-electron chi connectivity index (χ3n) is 5.71. The van der Waals surface area contributed by atoms with Gasteiger partial charge in [-0.25, -0.2) is 4.39 Å². The van der Waals surface area contributed by atoms with Crippen LogP contribution in [0.2, 0.25) is 0 Å². The van der Waals surface area contributed by atoms with Crippen molar-refractivity contribution >= 4 is 11.6 Å². The smallest absolute Gasteiger partial charge is 0.236 e. The van der Waals surface area contributed by atoms with Gasteiger partial charge in [0.05, 0.1) is 13.7 Å². The molecule has 2 aromatic carbocycles. The summed E-state index contributed by atoms with van der Waals surface area (Å²) < 4.78 is 18.8.